The van der Waals surface area contributed by atoms with Crippen LogP contribution in [0, 0.1) is 29.6 Å². The summed E-state index contributed by atoms with van der Waals surface area (Å²) in [5, 5.41) is 35.6. The Morgan fingerprint density at radius 3 is 2.06 bits per heavy atom. The van der Waals surface area contributed by atoms with Gasteiger partial charge in [-0.15, -0.1) is 0 Å². The van der Waals surface area contributed by atoms with Gasteiger partial charge in [0.2, 0.25) is 47.8 Å². The second kappa shape index (κ2) is 26.1. The van der Waals surface area contributed by atoms with Gasteiger partial charge in [0, 0.05) is 38.3 Å². The van der Waals surface area contributed by atoms with Crippen molar-refractivity contribution in [2.24, 2.45) is 35.3 Å². The second-order valence-corrected chi connectivity index (χ2v) is 19.5. The van der Waals surface area contributed by atoms with Crippen molar-refractivity contribution in [2.75, 3.05) is 7.05 Å². The topological polar surface area (TPSA) is 296 Å². The Bertz CT molecular complexity index is 1930. The van der Waals surface area contributed by atoms with Crippen LogP contribution in [0.3, 0.4) is 0 Å². The van der Waals surface area contributed by atoms with Gasteiger partial charge in [0.1, 0.15) is 54.3 Å². The Balaban J connectivity index is 2.28. The van der Waals surface area contributed by atoms with Crippen molar-refractivity contribution in [3.05, 3.63) is 29.8 Å². The molecule has 3 fully saturated rings. The van der Waals surface area contributed by atoms with Crippen molar-refractivity contribution < 1.29 is 58.1 Å². The Morgan fingerprint density at radius 2 is 1.51 bits per heavy atom. The first-order valence-corrected chi connectivity index (χ1v) is 23.9. The number of likely N-dealkylation sites (N-methyl/N-ethyl adjacent to an activating group) is 1. The van der Waals surface area contributed by atoms with Crippen molar-refractivity contribution in [3.63, 3.8) is 0 Å². The highest BCUT2D eigenvalue weighted by molar-refractivity contribution is 5.96. The summed E-state index contributed by atoms with van der Waals surface area (Å²) in [5.74, 6) is -8.23. The molecule has 68 heavy (non-hydrogen) atoms. The number of aliphatic hydroxyl groups excluding tert-OH is 1. The molecule has 0 aliphatic carbocycles. The number of fused-ring (bicyclic) bond motifs is 17. The lowest BCUT2D eigenvalue weighted by Gasteiger charge is -2.41. The van der Waals surface area contributed by atoms with Gasteiger partial charge in [-0.25, -0.2) is 4.79 Å². The SMILES string of the molecule is CCC(C)C1C(=O)N(C)[C@@H](Cc2ccc(O)cc2)C(=O)N[C@@H]2C(=O)O[C@H](CC2CC)[C@H](NC(=O)[C@H](CCC(N)=O)NC(=O)C(C)C)C(=O)N[C@@H](CC(C)C)C(=O)NC(CC(C)C)C[C@H](O)N1C=O. The van der Waals surface area contributed by atoms with Crippen LogP contribution in [0.4, 0.5) is 0 Å². The van der Waals surface area contributed by atoms with E-state index in [1.54, 1.807) is 39.8 Å². The van der Waals surface area contributed by atoms with Crippen molar-refractivity contribution >= 4 is 53.7 Å². The number of phenolic OH excluding ortho intramolecular Hbond substituents is 1. The van der Waals surface area contributed by atoms with Crippen LogP contribution in [0.5, 0.6) is 5.75 Å². The summed E-state index contributed by atoms with van der Waals surface area (Å²) in [7, 11) is 1.39. The smallest absolute Gasteiger partial charge is 0.329 e. The third-order valence-electron chi connectivity index (χ3n) is 12.8. The lowest BCUT2D eigenvalue weighted by molar-refractivity contribution is -0.167. The molecule has 3 heterocycles. The number of aliphatic hydroxyl groups is 1. The molecule has 20 heteroatoms. The van der Waals surface area contributed by atoms with Crippen LogP contribution < -0.4 is 32.3 Å². The zero-order chi connectivity index (χ0) is 51.2. The molecule has 0 aromatic heterocycles. The fraction of sp³-hybridized carbons (Fsp3) is 0.688. The molecule has 4 unspecified atom stereocenters. The van der Waals surface area contributed by atoms with E-state index in [9.17, 15) is 53.4 Å². The van der Waals surface area contributed by atoms with Crippen molar-refractivity contribution in [1.82, 2.24) is 36.4 Å². The minimum absolute atomic E-state index is 0.0383. The fourth-order valence-electron chi connectivity index (χ4n) is 8.66. The molecular formula is C48H76N8O12. The quantitative estimate of drug-likeness (QED) is 0.0620. The molecule has 1 aromatic carbocycles. The molecule has 3 aliphatic heterocycles. The zero-order valence-corrected chi connectivity index (χ0v) is 41.3. The number of carbonyl (C=O) groups excluding carboxylic acids is 9. The van der Waals surface area contributed by atoms with Crippen molar-refractivity contribution in [2.45, 2.75) is 175 Å². The number of carbonyl (C=O) groups is 9. The maximum absolute atomic E-state index is 14.8. The number of nitrogens with one attached hydrogen (secondary N) is 5. The Hall–Kier alpha value is -5.79. The van der Waals surface area contributed by atoms with Gasteiger partial charge >= 0.3 is 5.97 Å². The highest BCUT2D eigenvalue weighted by Crippen LogP contribution is 2.29. The minimum atomic E-state index is -1.67. The summed E-state index contributed by atoms with van der Waals surface area (Å²) in [6, 6.07) is -3.01. The van der Waals surface area contributed by atoms with Gasteiger partial charge in [0.25, 0.3) is 0 Å². The Labute approximate surface area is 400 Å². The van der Waals surface area contributed by atoms with Crippen LogP contribution in [0.25, 0.3) is 0 Å². The predicted octanol–water partition coefficient (Wildman–Crippen LogP) is 1.14. The fourth-order valence-corrected chi connectivity index (χ4v) is 8.66. The standard InChI is InChI=1S/C48H76N8O12/c1-11-28(9)41-47(66)55(10)35(21-29-13-15-32(58)16-14-29)45(64)53-39-30(12-2)22-36(68-48(39)67)40(54-43(62)33(17-18-37(49)59)51-42(61)27(7)8)46(65)52-34(20-26(5)6)44(63)50-31(19-25(3)4)23-38(60)56(41)24-57/h13-16,24-28,30-31,33-36,38-41,58,60H,11-12,17-23H2,1-10H3,(H2,49,59)(H,50,63)(H,51,61)(H,52,65)(H,53,64)(H,54,62)/t28?,30?,31?,33-,34-,35-,36+,38-,39-,40-,41?/m0/s1. The molecule has 3 aliphatic rings. The van der Waals surface area contributed by atoms with Gasteiger partial charge in [-0.3, -0.25) is 38.4 Å². The average molecular weight is 957 g/mol. The highest BCUT2D eigenvalue weighted by atomic mass is 16.5. The van der Waals surface area contributed by atoms with Gasteiger partial charge in [0.15, 0.2) is 0 Å². The van der Waals surface area contributed by atoms with Gasteiger partial charge in [-0.05, 0) is 67.1 Å². The number of nitrogens with two attached hydrogens (primary N) is 1. The van der Waals surface area contributed by atoms with Crippen LogP contribution in [-0.4, -0.2) is 135 Å². The molecule has 0 spiro atoms. The molecule has 0 radical (unpaired) electrons. The molecule has 8 amide bonds. The first-order valence-electron chi connectivity index (χ1n) is 23.9. The predicted molar refractivity (Wildman–Crippen MR) is 250 cm³/mol. The molecule has 2 bridgehead atoms. The van der Waals surface area contributed by atoms with E-state index >= 15 is 0 Å². The lowest BCUT2D eigenvalue weighted by atomic mass is 9.85. The monoisotopic (exact) mass is 957 g/mol. The van der Waals surface area contributed by atoms with E-state index in [4.69, 9.17) is 10.5 Å². The number of benzene rings is 1. The first-order chi connectivity index (χ1) is 31.9. The number of aromatic hydroxyl groups is 1. The van der Waals surface area contributed by atoms with Gasteiger partial charge in [0.05, 0.1) is 0 Å². The van der Waals surface area contributed by atoms with E-state index in [2.05, 4.69) is 26.6 Å². The molecular weight excluding hydrogens is 881 g/mol. The van der Waals surface area contributed by atoms with Crippen molar-refractivity contribution in [1.29, 1.82) is 0 Å². The summed E-state index contributed by atoms with van der Waals surface area (Å²) in [6.07, 6.45) is -2.54. The number of ether oxygens (including phenoxy) is 1. The number of phenols is 1. The summed E-state index contributed by atoms with van der Waals surface area (Å²) in [6.45, 7) is 15.9. The van der Waals surface area contributed by atoms with Crippen LogP contribution in [0.2, 0.25) is 0 Å². The molecule has 4 rings (SSSR count). The number of esters is 1. The van der Waals surface area contributed by atoms with Crippen LogP contribution in [-0.2, 0) is 54.3 Å². The van der Waals surface area contributed by atoms with Gasteiger partial charge in [-0.1, -0.05) is 87.3 Å². The number of hydrogen-bond donors (Lipinski definition) is 8. The number of amides is 8. The van der Waals surface area contributed by atoms with Gasteiger partial charge in [-0.2, -0.15) is 0 Å². The summed E-state index contributed by atoms with van der Waals surface area (Å²) in [5.41, 5.74) is 5.94. The third-order valence-corrected chi connectivity index (χ3v) is 12.8. The molecule has 3 saturated heterocycles. The van der Waals surface area contributed by atoms with E-state index in [1.165, 1.54) is 24.1 Å². The first kappa shape index (κ1) is 56.5. The van der Waals surface area contributed by atoms with Crippen LogP contribution >= 0.6 is 0 Å². The third kappa shape index (κ3) is 15.9. The van der Waals surface area contributed by atoms with Crippen LogP contribution in [0.1, 0.15) is 119 Å². The van der Waals surface area contributed by atoms with Gasteiger partial charge < -0.3 is 57.1 Å². The molecule has 20 nitrogen and oxygen atoms in total. The largest absolute Gasteiger partial charge is 0.508 e. The van der Waals surface area contributed by atoms with E-state index < -0.39 is 120 Å². The Morgan fingerprint density at radius 1 is 0.882 bits per heavy atom. The number of nitrogens with zero attached hydrogens (tertiary/aromatic N) is 2. The van der Waals surface area contributed by atoms with E-state index in [0.717, 1.165) is 4.90 Å². The van der Waals surface area contributed by atoms with E-state index in [1.807, 2.05) is 34.6 Å². The molecule has 11 atom stereocenters. The summed E-state index contributed by atoms with van der Waals surface area (Å²) >= 11 is 0. The maximum Gasteiger partial charge on any atom is 0.329 e. The highest BCUT2D eigenvalue weighted by Gasteiger charge is 2.47. The normalized spacial score (nSPS) is 26.6. The lowest BCUT2D eigenvalue weighted by Crippen LogP contribution is -2.65. The molecule has 9 N–H and O–H groups in total. The minimum Gasteiger partial charge on any atom is -0.508 e. The average Bonchev–Trinajstić information content (AvgIpc) is 3.26. The number of hydrogen-bond acceptors (Lipinski definition) is 12. The van der Waals surface area contributed by atoms with Crippen LogP contribution in [0.15, 0.2) is 24.3 Å². The molecule has 380 valence electrons. The van der Waals surface area contributed by atoms with E-state index in [0.29, 0.717) is 24.8 Å². The zero-order valence-electron chi connectivity index (χ0n) is 41.3. The molecule has 0 saturated carbocycles. The Kier molecular flexibility index (Phi) is 21.7. The number of primary amides is 1. The molecule has 1 aromatic rings. The van der Waals surface area contributed by atoms with E-state index in [-0.39, 0.29) is 62.5 Å². The number of rotatable bonds is 17. The second-order valence-electron chi connectivity index (χ2n) is 19.5. The summed E-state index contributed by atoms with van der Waals surface area (Å²) in [4.78, 5) is 127. The maximum atomic E-state index is 14.8. The summed E-state index contributed by atoms with van der Waals surface area (Å²) < 4.78 is 5.94. The van der Waals surface area contributed by atoms with Crippen molar-refractivity contribution in [3.8, 4) is 5.75 Å².